The lowest BCUT2D eigenvalue weighted by Crippen LogP contribution is -2.09. The Kier molecular flexibility index (Phi) is 7.17. The predicted octanol–water partition coefficient (Wildman–Crippen LogP) is 15.1. The van der Waals surface area contributed by atoms with E-state index < -0.39 is 0 Å². The summed E-state index contributed by atoms with van der Waals surface area (Å²) < 4.78 is 13.1. The van der Waals surface area contributed by atoms with Gasteiger partial charge in [0.15, 0.2) is 0 Å². The fraction of sp³-hybridized carbons (Fsp3) is 0. The molecule has 11 aromatic rings. The average Bonchev–Trinajstić information content (AvgIpc) is 3.83. The Morgan fingerprint density at radius 1 is 0.291 bits per heavy atom. The molecule has 0 atom stereocenters. The molecular formula is C52H33NO2. The van der Waals surface area contributed by atoms with Crippen LogP contribution >= 0.6 is 0 Å². The number of fused-ring (bicyclic) bond motifs is 8. The number of benzene rings is 9. The van der Waals surface area contributed by atoms with Gasteiger partial charge < -0.3 is 13.7 Å². The maximum atomic E-state index is 6.64. The zero-order valence-electron chi connectivity index (χ0n) is 29.8. The fourth-order valence-electron chi connectivity index (χ4n) is 8.14. The maximum Gasteiger partial charge on any atom is 0.143 e. The van der Waals surface area contributed by atoms with Gasteiger partial charge in [0.2, 0.25) is 0 Å². The standard InChI is InChI=1S/C52H33NO2/c1-3-10-34(11-4-1)35-18-24-40(25-19-35)53(42-28-30-45-47-29-22-38-14-7-8-15-43(38)52(47)55-50(45)33-42)41-26-20-36(21-27-41)39-23-31-49-48(32-39)46-17-9-16-44(51(46)54-49)37-12-5-2-6-13-37/h1-33H. The van der Waals surface area contributed by atoms with Crippen LogP contribution in [0.2, 0.25) is 0 Å². The smallest absolute Gasteiger partial charge is 0.143 e. The third-order valence-corrected chi connectivity index (χ3v) is 10.9. The lowest BCUT2D eigenvalue weighted by molar-refractivity contribution is 0.670. The highest BCUT2D eigenvalue weighted by atomic mass is 16.3. The molecule has 258 valence electrons. The van der Waals surface area contributed by atoms with Crippen LogP contribution in [0.3, 0.4) is 0 Å². The van der Waals surface area contributed by atoms with Crippen molar-refractivity contribution in [3.63, 3.8) is 0 Å². The molecule has 0 amide bonds. The minimum absolute atomic E-state index is 0.863. The van der Waals surface area contributed by atoms with Crippen LogP contribution in [0.1, 0.15) is 0 Å². The van der Waals surface area contributed by atoms with Crippen molar-refractivity contribution in [1.82, 2.24) is 0 Å². The first kappa shape index (κ1) is 31.2. The highest BCUT2D eigenvalue weighted by molar-refractivity contribution is 6.15. The molecule has 3 heteroatoms. The lowest BCUT2D eigenvalue weighted by Gasteiger charge is -2.26. The zero-order chi connectivity index (χ0) is 36.3. The van der Waals surface area contributed by atoms with Gasteiger partial charge in [-0.25, -0.2) is 0 Å². The van der Waals surface area contributed by atoms with Crippen LogP contribution in [-0.4, -0.2) is 0 Å². The van der Waals surface area contributed by atoms with Gasteiger partial charge in [0.05, 0.1) is 0 Å². The number of nitrogens with zero attached hydrogens (tertiary/aromatic N) is 1. The Bertz CT molecular complexity index is 3180. The second kappa shape index (κ2) is 12.6. The van der Waals surface area contributed by atoms with Gasteiger partial charge in [-0.3, -0.25) is 0 Å². The van der Waals surface area contributed by atoms with E-state index in [1.165, 1.54) is 16.5 Å². The second-order valence-electron chi connectivity index (χ2n) is 14.1. The molecule has 0 unspecified atom stereocenters. The largest absolute Gasteiger partial charge is 0.455 e. The van der Waals surface area contributed by atoms with Crippen molar-refractivity contribution < 1.29 is 8.83 Å². The topological polar surface area (TPSA) is 29.5 Å². The van der Waals surface area contributed by atoms with Crippen LogP contribution < -0.4 is 4.90 Å². The molecule has 11 rings (SSSR count). The van der Waals surface area contributed by atoms with Crippen molar-refractivity contribution in [1.29, 1.82) is 0 Å². The number of furan rings is 2. The van der Waals surface area contributed by atoms with E-state index in [0.29, 0.717) is 0 Å². The molecular weight excluding hydrogens is 671 g/mol. The molecule has 2 heterocycles. The Morgan fingerprint density at radius 3 is 1.62 bits per heavy atom. The van der Waals surface area contributed by atoms with E-state index in [1.807, 2.05) is 6.07 Å². The SMILES string of the molecule is c1ccc(-c2ccc(N(c3ccc(-c4ccc5oc6c(-c7ccccc7)cccc6c5c4)cc3)c3ccc4c(c3)oc3c5ccccc5ccc43)cc2)cc1. The summed E-state index contributed by atoms with van der Waals surface area (Å²) in [7, 11) is 0. The molecule has 0 bridgehead atoms. The summed E-state index contributed by atoms with van der Waals surface area (Å²) in [4.78, 5) is 2.31. The van der Waals surface area contributed by atoms with Gasteiger partial charge in [-0.2, -0.15) is 0 Å². The van der Waals surface area contributed by atoms with E-state index in [1.54, 1.807) is 0 Å². The summed E-state index contributed by atoms with van der Waals surface area (Å²) in [5, 5.41) is 6.76. The van der Waals surface area contributed by atoms with E-state index in [-0.39, 0.29) is 0 Å². The zero-order valence-corrected chi connectivity index (χ0v) is 29.8. The first-order chi connectivity index (χ1) is 27.2. The molecule has 0 saturated heterocycles. The molecule has 2 aromatic heterocycles. The summed E-state index contributed by atoms with van der Waals surface area (Å²) in [5.74, 6) is 0. The van der Waals surface area contributed by atoms with Crippen LogP contribution in [0.15, 0.2) is 209 Å². The van der Waals surface area contributed by atoms with Crippen LogP contribution in [0.4, 0.5) is 17.1 Å². The molecule has 0 radical (unpaired) electrons. The number of hydrogen-bond acceptors (Lipinski definition) is 3. The molecule has 0 spiro atoms. The van der Waals surface area contributed by atoms with Crippen LogP contribution in [0.25, 0.3) is 88.0 Å². The Balaban J connectivity index is 1.00. The molecule has 0 fully saturated rings. The first-order valence-electron chi connectivity index (χ1n) is 18.7. The summed E-state index contributed by atoms with van der Waals surface area (Å²) in [6.07, 6.45) is 0. The molecule has 0 aliphatic carbocycles. The normalized spacial score (nSPS) is 11.6. The third-order valence-electron chi connectivity index (χ3n) is 10.9. The van der Waals surface area contributed by atoms with Gasteiger partial charge in [0, 0.05) is 55.6 Å². The highest BCUT2D eigenvalue weighted by Gasteiger charge is 2.18. The average molecular weight is 704 g/mol. The molecule has 0 N–H and O–H groups in total. The van der Waals surface area contributed by atoms with Gasteiger partial charge in [0.1, 0.15) is 22.3 Å². The van der Waals surface area contributed by atoms with E-state index >= 15 is 0 Å². The summed E-state index contributed by atoms with van der Waals surface area (Å²) >= 11 is 0. The van der Waals surface area contributed by atoms with Gasteiger partial charge in [-0.15, -0.1) is 0 Å². The van der Waals surface area contributed by atoms with Crippen LogP contribution in [-0.2, 0) is 0 Å². The first-order valence-corrected chi connectivity index (χ1v) is 18.7. The van der Waals surface area contributed by atoms with Gasteiger partial charge in [0.25, 0.3) is 0 Å². The van der Waals surface area contributed by atoms with Crippen molar-refractivity contribution in [2.45, 2.75) is 0 Å². The van der Waals surface area contributed by atoms with Crippen molar-refractivity contribution in [2.24, 2.45) is 0 Å². The number of para-hydroxylation sites is 1. The molecule has 3 nitrogen and oxygen atoms in total. The van der Waals surface area contributed by atoms with Crippen molar-refractivity contribution >= 4 is 71.7 Å². The molecule has 9 aromatic carbocycles. The Morgan fingerprint density at radius 2 is 0.855 bits per heavy atom. The van der Waals surface area contributed by atoms with Gasteiger partial charge >= 0.3 is 0 Å². The van der Waals surface area contributed by atoms with E-state index in [4.69, 9.17) is 8.83 Å². The Labute approximate surface area is 317 Å². The highest BCUT2D eigenvalue weighted by Crippen LogP contribution is 2.42. The third kappa shape index (κ3) is 5.28. The molecule has 0 saturated carbocycles. The Hall–Kier alpha value is -7.36. The van der Waals surface area contributed by atoms with Crippen molar-refractivity contribution in [3.05, 3.63) is 200 Å². The lowest BCUT2D eigenvalue weighted by atomic mass is 10.00. The summed E-state index contributed by atoms with van der Waals surface area (Å²) in [6.45, 7) is 0. The minimum Gasteiger partial charge on any atom is -0.455 e. The van der Waals surface area contributed by atoms with E-state index in [0.717, 1.165) is 88.6 Å². The van der Waals surface area contributed by atoms with E-state index in [2.05, 4.69) is 199 Å². The van der Waals surface area contributed by atoms with Crippen LogP contribution in [0.5, 0.6) is 0 Å². The molecule has 55 heavy (non-hydrogen) atoms. The molecule has 0 aliphatic rings. The fourth-order valence-corrected chi connectivity index (χ4v) is 8.14. The maximum absolute atomic E-state index is 6.64. The monoisotopic (exact) mass is 703 g/mol. The second-order valence-corrected chi connectivity index (χ2v) is 14.1. The summed E-state index contributed by atoms with van der Waals surface area (Å²) in [6, 6.07) is 70.9. The van der Waals surface area contributed by atoms with Gasteiger partial charge in [-0.05, 0) is 87.8 Å². The van der Waals surface area contributed by atoms with E-state index in [9.17, 15) is 0 Å². The number of rotatable bonds is 6. The molecule has 0 aliphatic heterocycles. The number of hydrogen-bond donors (Lipinski definition) is 0. The number of anilines is 3. The van der Waals surface area contributed by atoms with Crippen LogP contribution in [0, 0.1) is 0 Å². The minimum atomic E-state index is 0.863. The van der Waals surface area contributed by atoms with Crippen molar-refractivity contribution in [2.75, 3.05) is 4.90 Å². The summed E-state index contributed by atoms with van der Waals surface area (Å²) in [5.41, 5.74) is 13.6. The van der Waals surface area contributed by atoms with Crippen molar-refractivity contribution in [3.8, 4) is 33.4 Å². The van der Waals surface area contributed by atoms with Gasteiger partial charge in [-0.1, -0.05) is 140 Å². The predicted molar refractivity (Wildman–Crippen MR) is 229 cm³/mol. The quantitative estimate of drug-likeness (QED) is 0.173.